The summed E-state index contributed by atoms with van der Waals surface area (Å²) < 4.78 is 0. The molecule has 14 heavy (non-hydrogen) atoms. The van der Waals surface area contributed by atoms with Gasteiger partial charge in [-0.2, -0.15) is 0 Å². The third-order valence-corrected chi connectivity index (χ3v) is 3.10. The lowest BCUT2D eigenvalue weighted by molar-refractivity contribution is -0.130. The average Bonchev–Trinajstić information content (AvgIpc) is 2.16. The summed E-state index contributed by atoms with van der Waals surface area (Å²) in [5.74, 6) is 0.179. The highest BCUT2D eigenvalue weighted by Gasteiger charge is 2.23. The molecule has 82 valence electrons. The number of carbonyl (C=O) groups is 1. The fraction of sp³-hybridized carbons (Fsp3) is 0.900. The van der Waals surface area contributed by atoms with Crippen molar-refractivity contribution >= 4 is 5.91 Å². The molecule has 0 radical (unpaired) electrons. The summed E-state index contributed by atoms with van der Waals surface area (Å²) in [7, 11) is 0. The minimum Gasteiger partial charge on any atom is -0.340 e. The molecule has 0 bridgehead atoms. The van der Waals surface area contributed by atoms with Crippen molar-refractivity contribution in [3.8, 4) is 0 Å². The fourth-order valence-electron chi connectivity index (χ4n) is 1.78. The molecule has 4 heteroatoms. The van der Waals surface area contributed by atoms with Crippen LogP contribution in [0, 0.1) is 0 Å². The normalized spacial score (nSPS) is 23.3. The molecule has 2 atom stereocenters. The van der Waals surface area contributed by atoms with Gasteiger partial charge in [-0.15, -0.1) is 0 Å². The average molecular weight is 199 g/mol. The lowest BCUT2D eigenvalue weighted by Gasteiger charge is -2.39. The monoisotopic (exact) mass is 199 g/mol. The van der Waals surface area contributed by atoms with Gasteiger partial charge in [-0.3, -0.25) is 9.69 Å². The SMILES string of the molecule is CC(=O)N1CCN(C(C)C(C)N)CC1. The first-order valence-corrected chi connectivity index (χ1v) is 5.27. The largest absolute Gasteiger partial charge is 0.340 e. The van der Waals surface area contributed by atoms with Gasteiger partial charge in [0, 0.05) is 45.2 Å². The van der Waals surface area contributed by atoms with Gasteiger partial charge in [0.25, 0.3) is 0 Å². The number of amides is 1. The number of nitrogens with zero attached hydrogens (tertiary/aromatic N) is 2. The molecular weight excluding hydrogens is 178 g/mol. The van der Waals surface area contributed by atoms with Gasteiger partial charge >= 0.3 is 0 Å². The van der Waals surface area contributed by atoms with Crippen LogP contribution in [0.5, 0.6) is 0 Å². The number of nitrogens with two attached hydrogens (primary N) is 1. The van der Waals surface area contributed by atoms with Gasteiger partial charge in [-0.1, -0.05) is 0 Å². The molecule has 1 saturated heterocycles. The summed E-state index contributed by atoms with van der Waals surface area (Å²) in [6, 6.07) is 0.600. The molecule has 0 aromatic heterocycles. The lowest BCUT2D eigenvalue weighted by Crippen LogP contribution is -2.54. The van der Waals surface area contributed by atoms with E-state index >= 15 is 0 Å². The topological polar surface area (TPSA) is 49.6 Å². The number of rotatable bonds is 2. The van der Waals surface area contributed by atoms with Crippen LogP contribution in [0.25, 0.3) is 0 Å². The molecule has 1 aliphatic rings. The summed E-state index contributed by atoms with van der Waals surface area (Å²) in [6.45, 7) is 9.38. The molecule has 2 N–H and O–H groups in total. The molecule has 0 saturated carbocycles. The van der Waals surface area contributed by atoms with Crippen LogP contribution >= 0.6 is 0 Å². The van der Waals surface area contributed by atoms with E-state index in [1.165, 1.54) is 0 Å². The molecule has 1 heterocycles. The molecule has 0 spiro atoms. The van der Waals surface area contributed by atoms with Crippen LogP contribution in [0.3, 0.4) is 0 Å². The van der Waals surface area contributed by atoms with Crippen molar-refractivity contribution in [2.45, 2.75) is 32.9 Å². The Labute approximate surface area is 86.0 Å². The summed E-state index contributed by atoms with van der Waals surface area (Å²) >= 11 is 0. The predicted molar refractivity (Wildman–Crippen MR) is 56.9 cm³/mol. The Morgan fingerprint density at radius 2 is 1.71 bits per heavy atom. The second-order valence-electron chi connectivity index (χ2n) is 4.14. The van der Waals surface area contributed by atoms with Gasteiger partial charge in [-0.25, -0.2) is 0 Å². The summed E-state index contributed by atoms with van der Waals surface area (Å²) in [5.41, 5.74) is 5.84. The Morgan fingerprint density at radius 1 is 1.21 bits per heavy atom. The summed E-state index contributed by atoms with van der Waals surface area (Å²) in [5, 5.41) is 0. The van der Waals surface area contributed by atoms with Crippen LogP contribution in [0.4, 0.5) is 0 Å². The van der Waals surface area contributed by atoms with Crippen LogP contribution in [-0.2, 0) is 4.79 Å². The zero-order valence-corrected chi connectivity index (χ0v) is 9.36. The van der Waals surface area contributed by atoms with E-state index in [1.807, 2.05) is 11.8 Å². The van der Waals surface area contributed by atoms with Gasteiger partial charge in [-0.05, 0) is 13.8 Å². The van der Waals surface area contributed by atoms with E-state index in [1.54, 1.807) is 6.92 Å². The lowest BCUT2D eigenvalue weighted by atomic mass is 10.1. The van der Waals surface area contributed by atoms with Crippen molar-refractivity contribution < 1.29 is 4.79 Å². The molecule has 1 amide bonds. The quantitative estimate of drug-likeness (QED) is 0.675. The van der Waals surface area contributed by atoms with Crippen molar-refractivity contribution in [3.05, 3.63) is 0 Å². The van der Waals surface area contributed by atoms with Crippen molar-refractivity contribution in [2.24, 2.45) is 5.73 Å². The number of hydrogen-bond acceptors (Lipinski definition) is 3. The highest BCUT2D eigenvalue weighted by molar-refractivity contribution is 5.73. The Kier molecular flexibility index (Phi) is 3.89. The second-order valence-corrected chi connectivity index (χ2v) is 4.14. The van der Waals surface area contributed by atoms with Crippen LogP contribution < -0.4 is 5.73 Å². The summed E-state index contributed by atoms with van der Waals surface area (Å²) in [4.78, 5) is 15.3. The van der Waals surface area contributed by atoms with Gasteiger partial charge in [0.1, 0.15) is 0 Å². The number of carbonyl (C=O) groups excluding carboxylic acids is 1. The van der Waals surface area contributed by atoms with Crippen LogP contribution in [0.15, 0.2) is 0 Å². The maximum atomic E-state index is 11.1. The Hall–Kier alpha value is -0.610. The molecule has 2 unspecified atom stereocenters. The molecule has 1 fully saturated rings. The van der Waals surface area contributed by atoms with Crippen LogP contribution in [-0.4, -0.2) is 54.0 Å². The highest BCUT2D eigenvalue weighted by Crippen LogP contribution is 2.08. The van der Waals surface area contributed by atoms with Crippen molar-refractivity contribution in [2.75, 3.05) is 26.2 Å². The highest BCUT2D eigenvalue weighted by atomic mass is 16.2. The van der Waals surface area contributed by atoms with Crippen molar-refractivity contribution in [3.63, 3.8) is 0 Å². The standard InChI is InChI=1S/C10H21N3O/c1-8(11)9(2)12-4-6-13(7-5-12)10(3)14/h8-9H,4-7,11H2,1-3H3. The molecule has 4 nitrogen and oxygen atoms in total. The van der Waals surface area contributed by atoms with Crippen molar-refractivity contribution in [1.29, 1.82) is 0 Å². The van der Waals surface area contributed by atoms with Gasteiger partial charge < -0.3 is 10.6 Å². The first kappa shape index (κ1) is 11.5. The maximum absolute atomic E-state index is 11.1. The Bertz CT molecular complexity index is 198. The van der Waals surface area contributed by atoms with Crippen molar-refractivity contribution in [1.82, 2.24) is 9.80 Å². The molecule has 1 aliphatic heterocycles. The zero-order valence-electron chi connectivity index (χ0n) is 9.36. The molecule has 1 rings (SSSR count). The van der Waals surface area contributed by atoms with Gasteiger partial charge in [0.15, 0.2) is 0 Å². The summed E-state index contributed by atoms with van der Waals surface area (Å²) in [6.07, 6.45) is 0. The Morgan fingerprint density at radius 3 is 2.07 bits per heavy atom. The minimum absolute atomic E-state index is 0.179. The molecule has 0 aliphatic carbocycles. The van der Waals surface area contributed by atoms with E-state index in [0.29, 0.717) is 6.04 Å². The van der Waals surface area contributed by atoms with E-state index in [2.05, 4.69) is 11.8 Å². The third-order valence-electron chi connectivity index (χ3n) is 3.10. The minimum atomic E-state index is 0.179. The second kappa shape index (κ2) is 4.75. The Balaban J connectivity index is 2.39. The van der Waals surface area contributed by atoms with E-state index < -0.39 is 0 Å². The first-order valence-electron chi connectivity index (χ1n) is 5.27. The zero-order chi connectivity index (χ0) is 10.7. The maximum Gasteiger partial charge on any atom is 0.219 e. The van der Waals surface area contributed by atoms with Gasteiger partial charge in [0.2, 0.25) is 5.91 Å². The molecule has 0 aromatic rings. The first-order chi connectivity index (χ1) is 6.52. The van der Waals surface area contributed by atoms with Gasteiger partial charge in [0.05, 0.1) is 0 Å². The van der Waals surface area contributed by atoms with E-state index in [4.69, 9.17) is 5.73 Å². The third kappa shape index (κ3) is 2.69. The van der Waals surface area contributed by atoms with E-state index in [-0.39, 0.29) is 11.9 Å². The number of hydrogen-bond donors (Lipinski definition) is 1. The van der Waals surface area contributed by atoms with Crippen LogP contribution in [0.1, 0.15) is 20.8 Å². The fourth-order valence-corrected chi connectivity index (χ4v) is 1.78. The number of piperazine rings is 1. The smallest absolute Gasteiger partial charge is 0.219 e. The van der Waals surface area contributed by atoms with E-state index in [0.717, 1.165) is 26.2 Å². The molecule has 0 aromatic carbocycles. The molecular formula is C10H21N3O. The van der Waals surface area contributed by atoms with E-state index in [9.17, 15) is 4.79 Å². The predicted octanol–water partition coefficient (Wildman–Crippen LogP) is -0.114. The van der Waals surface area contributed by atoms with Crippen LogP contribution in [0.2, 0.25) is 0 Å².